The molecule has 1 amide bonds. The first-order valence-corrected chi connectivity index (χ1v) is 10.8. The Balaban J connectivity index is 1.37. The molecular weight excluding hydrogens is 390 g/mol. The van der Waals surface area contributed by atoms with Crippen molar-refractivity contribution >= 4 is 34.3 Å². The van der Waals surface area contributed by atoms with E-state index in [0.717, 1.165) is 48.0 Å². The molecule has 1 aromatic heterocycles. The van der Waals surface area contributed by atoms with Gasteiger partial charge in [-0.1, -0.05) is 30.3 Å². The van der Waals surface area contributed by atoms with Crippen molar-refractivity contribution in [3.8, 4) is 0 Å². The van der Waals surface area contributed by atoms with Crippen molar-refractivity contribution in [3.05, 3.63) is 54.7 Å². The molecule has 1 fully saturated rings. The van der Waals surface area contributed by atoms with Gasteiger partial charge in [0.05, 0.1) is 0 Å². The first-order valence-electron chi connectivity index (χ1n) is 10.8. The molecular formula is C24H29N5O2. The quantitative estimate of drug-likeness (QED) is 0.594. The van der Waals surface area contributed by atoms with E-state index >= 15 is 0 Å². The highest BCUT2D eigenvalue weighted by molar-refractivity contribution is 5.92. The fraction of sp³-hybridized carbons (Fsp3) is 0.375. The Morgan fingerprint density at radius 2 is 1.81 bits per heavy atom. The largest absolute Gasteiger partial charge is 0.465 e. The molecule has 1 aliphatic rings. The first kappa shape index (κ1) is 20.9. The lowest BCUT2D eigenvalue weighted by atomic mass is 9.85. The molecule has 31 heavy (non-hydrogen) atoms. The second-order valence-electron chi connectivity index (χ2n) is 8.42. The smallest absolute Gasteiger partial charge is 0.411 e. The number of hydrogen-bond donors (Lipinski definition) is 2. The van der Waals surface area contributed by atoms with Gasteiger partial charge in [-0.3, -0.25) is 4.90 Å². The summed E-state index contributed by atoms with van der Waals surface area (Å²) in [6.45, 7) is 0.521. The average Bonchev–Trinajstić information content (AvgIpc) is 2.78. The van der Waals surface area contributed by atoms with Gasteiger partial charge in [-0.25, -0.2) is 9.78 Å². The van der Waals surface area contributed by atoms with Crippen molar-refractivity contribution in [2.45, 2.75) is 31.7 Å². The molecule has 7 heteroatoms. The molecule has 0 atom stereocenters. The molecule has 3 aromatic rings. The van der Waals surface area contributed by atoms with Gasteiger partial charge in [0.1, 0.15) is 5.82 Å². The highest BCUT2D eigenvalue weighted by Gasteiger charge is 2.26. The third-order valence-electron chi connectivity index (χ3n) is 6.00. The van der Waals surface area contributed by atoms with E-state index in [-0.39, 0.29) is 0 Å². The van der Waals surface area contributed by atoms with E-state index in [4.69, 9.17) is 0 Å². The van der Waals surface area contributed by atoms with Crippen LogP contribution in [0.5, 0.6) is 0 Å². The van der Waals surface area contributed by atoms with E-state index in [0.29, 0.717) is 24.5 Å². The van der Waals surface area contributed by atoms with Crippen molar-refractivity contribution in [1.82, 2.24) is 9.97 Å². The van der Waals surface area contributed by atoms with Crippen LogP contribution in [0.2, 0.25) is 0 Å². The first-order chi connectivity index (χ1) is 15.0. The summed E-state index contributed by atoms with van der Waals surface area (Å²) in [6, 6.07) is 16.1. The normalized spacial score (nSPS) is 18.5. The number of carboxylic acid groups (broad SMARTS) is 1. The van der Waals surface area contributed by atoms with Gasteiger partial charge in [-0.2, -0.15) is 4.98 Å². The molecule has 0 saturated heterocycles. The van der Waals surface area contributed by atoms with Gasteiger partial charge in [0.15, 0.2) is 0 Å². The maximum Gasteiger partial charge on any atom is 0.411 e. The van der Waals surface area contributed by atoms with E-state index in [1.165, 1.54) is 4.90 Å². The minimum Gasteiger partial charge on any atom is -0.465 e. The number of anilines is 3. The zero-order chi connectivity index (χ0) is 21.8. The highest BCUT2D eigenvalue weighted by atomic mass is 16.4. The average molecular weight is 420 g/mol. The molecule has 1 heterocycles. The van der Waals surface area contributed by atoms with Crippen LogP contribution < -0.4 is 15.1 Å². The van der Waals surface area contributed by atoms with Gasteiger partial charge in [0.25, 0.3) is 0 Å². The molecule has 1 aliphatic carbocycles. The number of rotatable bonds is 6. The van der Waals surface area contributed by atoms with Crippen molar-refractivity contribution in [2.24, 2.45) is 5.92 Å². The van der Waals surface area contributed by atoms with Crippen LogP contribution in [-0.2, 0) is 0 Å². The lowest BCUT2D eigenvalue weighted by Crippen LogP contribution is -2.37. The molecule has 7 nitrogen and oxygen atoms in total. The number of carbonyl (C=O) groups is 1. The Morgan fingerprint density at radius 3 is 2.52 bits per heavy atom. The lowest BCUT2D eigenvalue weighted by Gasteiger charge is -2.32. The van der Waals surface area contributed by atoms with Crippen molar-refractivity contribution in [1.29, 1.82) is 0 Å². The summed E-state index contributed by atoms with van der Waals surface area (Å²) in [7, 11) is 3.92. The van der Waals surface area contributed by atoms with Crippen LogP contribution in [0.1, 0.15) is 25.7 Å². The number of fused-ring (bicyclic) bond motifs is 1. The Hall–Kier alpha value is -3.35. The van der Waals surface area contributed by atoms with E-state index in [1.54, 1.807) is 6.20 Å². The second-order valence-corrected chi connectivity index (χ2v) is 8.42. The summed E-state index contributed by atoms with van der Waals surface area (Å²) < 4.78 is 0. The predicted octanol–water partition coefficient (Wildman–Crippen LogP) is 4.85. The van der Waals surface area contributed by atoms with Crippen molar-refractivity contribution in [2.75, 3.05) is 35.8 Å². The highest BCUT2D eigenvalue weighted by Crippen LogP contribution is 2.29. The molecule has 0 aliphatic heterocycles. The summed E-state index contributed by atoms with van der Waals surface area (Å²) >= 11 is 0. The molecule has 0 radical (unpaired) electrons. The van der Waals surface area contributed by atoms with Crippen LogP contribution in [0.25, 0.3) is 10.8 Å². The zero-order valence-corrected chi connectivity index (χ0v) is 18.0. The summed E-state index contributed by atoms with van der Waals surface area (Å²) in [6.07, 6.45) is 4.77. The zero-order valence-electron chi connectivity index (χ0n) is 18.0. The van der Waals surface area contributed by atoms with Crippen LogP contribution in [0.15, 0.2) is 54.7 Å². The van der Waals surface area contributed by atoms with Crippen LogP contribution in [-0.4, -0.2) is 47.8 Å². The summed E-state index contributed by atoms with van der Waals surface area (Å²) in [5, 5.41) is 15.5. The number of benzene rings is 2. The van der Waals surface area contributed by atoms with Gasteiger partial charge in [0, 0.05) is 38.6 Å². The number of amides is 1. The molecule has 0 bridgehead atoms. The molecule has 2 aromatic carbocycles. The molecule has 162 valence electrons. The number of nitrogens with zero attached hydrogens (tertiary/aromatic N) is 4. The van der Waals surface area contributed by atoms with E-state index in [2.05, 4.69) is 15.3 Å². The molecule has 0 unspecified atom stereocenters. The molecule has 2 N–H and O–H groups in total. The monoisotopic (exact) mass is 419 g/mol. The van der Waals surface area contributed by atoms with Gasteiger partial charge in [-0.05, 0) is 60.6 Å². The predicted molar refractivity (Wildman–Crippen MR) is 125 cm³/mol. The van der Waals surface area contributed by atoms with Gasteiger partial charge >= 0.3 is 6.09 Å². The van der Waals surface area contributed by atoms with Crippen LogP contribution in [0, 0.1) is 5.92 Å². The summed E-state index contributed by atoms with van der Waals surface area (Å²) in [5.74, 6) is 1.87. The van der Waals surface area contributed by atoms with Gasteiger partial charge in [-0.15, -0.1) is 0 Å². The Morgan fingerprint density at radius 1 is 1.06 bits per heavy atom. The van der Waals surface area contributed by atoms with E-state index < -0.39 is 6.09 Å². The fourth-order valence-electron chi connectivity index (χ4n) is 4.24. The Labute approximate surface area is 182 Å². The minimum atomic E-state index is -0.899. The van der Waals surface area contributed by atoms with E-state index in [1.807, 2.05) is 67.5 Å². The Bertz CT molecular complexity index is 1050. The molecule has 4 rings (SSSR count). The standard InChI is InChI=1S/C24H29N5O2/c1-28(2)22-13-14-25-23(27-22)26-20-10-7-17(8-11-20)16-29(24(30)31)21-12-9-18-5-3-4-6-19(18)15-21/h3-6,9,12-15,17,20H,7-8,10-11,16H2,1-2H3,(H,30,31)(H,25,26,27)/t17-,20+. The van der Waals surface area contributed by atoms with Crippen molar-refractivity contribution < 1.29 is 9.90 Å². The van der Waals surface area contributed by atoms with Crippen molar-refractivity contribution in [3.63, 3.8) is 0 Å². The van der Waals surface area contributed by atoms with Crippen LogP contribution >= 0.6 is 0 Å². The second kappa shape index (κ2) is 9.20. The topological polar surface area (TPSA) is 81.6 Å². The van der Waals surface area contributed by atoms with Gasteiger partial charge < -0.3 is 15.3 Å². The maximum absolute atomic E-state index is 12.0. The minimum absolute atomic E-state index is 0.313. The summed E-state index contributed by atoms with van der Waals surface area (Å²) in [4.78, 5) is 24.3. The fourth-order valence-corrected chi connectivity index (χ4v) is 4.24. The van der Waals surface area contributed by atoms with Crippen LogP contribution in [0.4, 0.5) is 22.2 Å². The third-order valence-corrected chi connectivity index (χ3v) is 6.00. The number of nitrogens with one attached hydrogen (secondary N) is 1. The van der Waals surface area contributed by atoms with E-state index in [9.17, 15) is 9.90 Å². The third kappa shape index (κ3) is 5.05. The molecule has 0 spiro atoms. The number of hydrogen-bond acceptors (Lipinski definition) is 5. The SMILES string of the molecule is CN(C)c1ccnc(N[C@H]2CC[C@@H](CN(C(=O)O)c3ccc4ccccc4c3)CC2)n1. The summed E-state index contributed by atoms with van der Waals surface area (Å²) in [5.41, 5.74) is 0.736. The van der Waals surface area contributed by atoms with Gasteiger partial charge in [0.2, 0.25) is 5.95 Å². The lowest BCUT2D eigenvalue weighted by molar-refractivity contribution is 0.199. The Kier molecular flexibility index (Phi) is 6.21. The number of aromatic nitrogens is 2. The van der Waals surface area contributed by atoms with Crippen LogP contribution in [0.3, 0.4) is 0 Å². The maximum atomic E-state index is 12.0. The molecule has 1 saturated carbocycles.